The van der Waals surface area contributed by atoms with Crippen LogP contribution in [-0.2, 0) is 61.6 Å². The lowest BCUT2D eigenvalue weighted by Gasteiger charge is -2.38. The van der Waals surface area contributed by atoms with E-state index >= 15 is 0 Å². The van der Waals surface area contributed by atoms with Gasteiger partial charge in [-0.05, 0) is 123 Å². The average molecular weight is 1250 g/mol. The number of benzene rings is 2. The van der Waals surface area contributed by atoms with Crippen LogP contribution in [-0.4, -0.2) is 171 Å². The number of hydrogen-bond donors (Lipinski definition) is 2. The van der Waals surface area contributed by atoms with E-state index in [1.165, 1.54) is 18.1 Å². The largest absolute Gasteiger partial charge is 0.534 e. The molecular formula is C56H92BF3N2O19SSi2. The third kappa shape index (κ3) is 24.6. The molecule has 478 valence electrons. The van der Waals surface area contributed by atoms with Crippen LogP contribution in [0.3, 0.4) is 0 Å². The summed E-state index contributed by atoms with van der Waals surface area (Å²) in [5, 5.41) is 20.3. The van der Waals surface area contributed by atoms with Crippen LogP contribution >= 0.6 is 0 Å². The van der Waals surface area contributed by atoms with E-state index in [1.54, 1.807) is 59.7 Å². The summed E-state index contributed by atoms with van der Waals surface area (Å²) < 4.78 is 118. The highest BCUT2D eigenvalue weighted by Gasteiger charge is 2.52. The number of esters is 2. The zero-order valence-electron chi connectivity index (χ0n) is 51.5. The van der Waals surface area contributed by atoms with Crippen molar-refractivity contribution in [2.75, 3.05) is 67.2 Å². The van der Waals surface area contributed by atoms with Crippen LogP contribution < -0.4 is 14.9 Å². The normalized spacial score (nSPS) is 18.2. The maximum absolute atomic E-state index is 12.6. The van der Waals surface area contributed by atoms with Crippen molar-refractivity contribution in [3.05, 3.63) is 53.3 Å². The summed E-state index contributed by atoms with van der Waals surface area (Å²) in [4.78, 5) is 51.5. The van der Waals surface area contributed by atoms with Crippen LogP contribution in [0.25, 0.3) is 0 Å². The van der Waals surface area contributed by atoms with E-state index in [1.807, 2.05) is 39.8 Å². The molecular weight excluding hydrogens is 1160 g/mol. The number of phenolic OH excluding ortho intramolecular Hbond substituents is 2. The fourth-order valence-corrected chi connectivity index (χ4v) is 9.89. The number of nitrogens with zero attached hydrogens (tertiary/aromatic N) is 2. The average Bonchev–Trinajstić information content (AvgIpc) is 1.98. The Morgan fingerprint density at radius 2 is 1.19 bits per heavy atom. The van der Waals surface area contributed by atoms with Gasteiger partial charge in [-0.2, -0.15) is 21.6 Å². The maximum atomic E-state index is 12.6. The minimum absolute atomic E-state index is 0. The molecule has 0 saturated carbocycles. The zero-order chi connectivity index (χ0) is 63.3. The lowest BCUT2D eigenvalue weighted by Crippen LogP contribution is -2.47. The molecule has 0 bridgehead atoms. The molecule has 0 radical (unpaired) electrons. The van der Waals surface area contributed by atoms with E-state index in [4.69, 9.17) is 42.5 Å². The number of piperidine rings is 1. The van der Waals surface area contributed by atoms with E-state index in [0.717, 1.165) is 35.1 Å². The molecule has 0 aromatic heterocycles. The van der Waals surface area contributed by atoms with Gasteiger partial charge in [0.25, 0.3) is 0 Å². The predicted molar refractivity (Wildman–Crippen MR) is 316 cm³/mol. The van der Waals surface area contributed by atoms with Gasteiger partial charge in [0.2, 0.25) is 0 Å². The van der Waals surface area contributed by atoms with Crippen LogP contribution in [0.5, 0.6) is 23.0 Å². The Labute approximate surface area is 497 Å². The number of halogens is 3. The number of phenols is 2. The van der Waals surface area contributed by atoms with Gasteiger partial charge in [-0.1, -0.05) is 46.7 Å². The molecule has 28 heteroatoms. The van der Waals surface area contributed by atoms with Gasteiger partial charge in [-0.15, -0.1) is 0 Å². The summed E-state index contributed by atoms with van der Waals surface area (Å²) in [7, 11) is -6.46. The van der Waals surface area contributed by atoms with E-state index < -0.39 is 116 Å². The molecule has 21 nitrogen and oxygen atoms in total. The number of amides is 2. The Morgan fingerprint density at radius 3 is 1.64 bits per heavy atom. The van der Waals surface area contributed by atoms with Gasteiger partial charge in [0.05, 0.1) is 43.5 Å². The topological polar surface area (TPSA) is 251 Å². The van der Waals surface area contributed by atoms with Crippen LogP contribution in [0.15, 0.2) is 47.7 Å². The molecule has 5 rings (SSSR count). The van der Waals surface area contributed by atoms with E-state index in [-0.39, 0.29) is 51.5 Å². The molecule has 2 amide bonds. The molecule has 2 aromatic carbocycles. The fraction of sp³-hybridized carbons (Fsp3) is 0.679. The fourth-order valence-electron chi connectivity index (χ4n) is 7.84. The molecule has 2 aromatic rings. The van der Waals surface area contributed by atoms with Crippen molar-refractivity contribution in [2.45, 2.75) is 175 Å². The van der Waals surface area contributed by atoms with Gasteiger partial charge in [0.15, 0.2) is 13.6 Å². The Balaban J connectivity index is 0.000000434. The smallest absolute Gasteiger partial charge is 0.508 e. The SMILES string of the molecule is C.CC1(C)OB(c2cc(O)cc(OCOCC[Si](C)(C)C)c2)OC1(C)C.COC(=O)C1=C(OS(=O)(=O)C(F)(F)F)CCN(C(=O)OC(C)(C)C)C1.COC(=O)[C@H]1CN(C(=O)OC(C)(C)C)CC[C@@H]1c1cc(O)cc(OCOCC[Si](C)(C)C)c1. The summed E-state index contributed by atoms with van der Waals surface area (Å²) in [5.41, 5.74) is -6.97. The van der Waals surface area contributed by atoms with Crippen molar-refractivity contribution in [1.29, 1.82) is 0 Å². The lowest BCUT2D eigenvalue weighted by atomic mass is 9.79. The molecule has 3 heterocycles. The number of rotatable bonds is 18. The summed E-state index contributed by atoms with van der Waals surface area (Å²) in [6.45, 7) is 33.5. The van der Waals surface area contributed by atoms with E-state index in [0.29, 0.717) is 37.7 Å². The Kier molecular flexibility index (Phi) is 27.1. The van der Waals surface area contributed by atoms with Crippen molar-refractivity contribution >= 4 is 63.0 Å². The summed E-state index contributed by atoms with van der Waals surface area (Å²) >= 11 is 0. The third-order valence-electron chi connectivity index (χ3n) is 13.0. The molecule has 0 spiro atoms. The molecule has 2 saturated heterocycles. The van der Waals surface area contributed by atoms with Gasteiger partial charge < -0.3 is 71.4 Å². The van der Waals surface area contributed by atoms with Crippen LogP contribution in [0.2, 0.25) is 51.4 Å². The van der Waals surface area contributed by atoms with Crippen molar-refractivity contribution in [3.63, 3.8) is 0 Å². The first-order valence-corrected chi connectivity index (χ1v) is 36.0. The van der Waals surface area contributed by atoms with Crippen molar-refractivity contribution in [2.24, 2.45) is 5.92 Å². The highest BCUT2D eigenvalue weighted by Crippen LogP contribution is 2.39. The van der Waals surface area contributed by atoms with Gasteiger partial charge in [0, 0.05) is 73.5 Å². The molecule has 2 atom stereocenters. The number of hydrogen-bond acceptors (Lipinski definition) is 19. The second kappa shape index (κ2) is 30.4. The number of methoxy groups -OCH3 is 2. The molecule has 3 aliphatic rings. The first-order valence-electron chi connectivity index (χ1n) is 27.2. The number of likely N-dealkylation sites (tertiary alicyclic amines) is 1. The van der Waals surface area contributed by atoms with E-state index in [2.05, 4.69) is 48.2 Å². The first-order chi connectivity index (χ1) is 37.9. The second-order valence-electron chi connectivity index (χ2n) is 25.6. The Hall–Kier alpha value is -5.26. The molecule has 3 aliphatic heterocycles. The minimum atomic E-state index is -5.94. The maximum Gasteiger partial charge on any atom is 0.534 e. The van der Waals surface area contributed by atoms with E-state index in [9.17, 15) is 51.0 Å². The summed E-state index contributed by atoms with van der Waals surface area (Å²) in [6, 6.07) is 12.1. The first kappa shape index (κ1) is 74.8. The highest BCUT2D eigenvalue weighted by molar-refractivity contribution is 7.87. The summed E-state index contributed by atoms with van der Waals surface area (Å²) in [6.07, 6.45) is -1.18. The number of carbonyl (C=O) groups is 4. The number of carbonyl (C=O) groups excluding carboxylic acids is 4. The van der Waals surface area contributed by atoms with Crippen molar-refractivity contribution < 1.29 is 102 Å². The van der Waals surface area contributed by atoms with Gasteiger partial charge in [0.1, 0.15) is 40.0 Å². The molecule has 84 heavy (non-hydrogen) atoms. The number of ether oxygens (including phenoxy) is 8. The van der Waals surface area contributed by atoms with Gasteiger partial charge in [-0.25, -0.2) is 14.4 Å². The number of alkyl halides is 3. The quantitative estimate of drug-likeness (QED) is 0.0268. The van der Waals surface area contributed by atoms with Crippen LogP contribution in [0, 0.1) is 5.92 Å². The summed E-state index contributed by atoms with van der Waals surface area (Å²) in [5.74, 6) is -1.89. The number of aromatic hydroxyl groups is 2. The van der Waals surface area contributed by atoms with Gasteiger partial charge >= 0.3 is 46.9 Å². The van der Waals surface area contributed by atoms with Crippen molar-refractivity contribution in [3.8, 4) is 23.0 Å². The minimum Gasteiger partial charge on any atom is -0.508 e. The zero-order valence-corrected chi connectivity index (χ0v) is 54.3. The molecule has 0 unspecified atom stereocenters. The lowest BCUT2D eigenvalue weighted by molar-refractivity contribution is -0.148. The third-order valence-corrected chi connectivity index (χ3v) is 17.4. The highest BCUT2D eigenvalue weighted by atomic mass is 32.2. The second-order valence-corrected chi connectivity index (χ2v) is 38.3. The van der Waals surface area contributed by atoms with Crippen LogP contribution in [0.1, 0.15) is 101 Å². The standard InChI is InChI=1S/C24H39NO7Si.C18H31BO5Si.C13H18F3NO7S.CH4/c1-24(2,3)32-23(28)25-9-8-20(21(15-25)22(27)29-4)17-12-18(26)14-19(13-17)31-16-30-10-11-33(5,6)7;1-17(2)18(3,4)24-19(23-17)14-10-15(20)12-16(11-14)22-13-21-8-9-25(5,6)7;1-12(2,3)23-11(19)17-6-5-9(8(7-17)10(18)22-4)24-25(20,21)13(14,15)16;/h12-14,20-21,26H,8-11,15-16H2,1-7H3;10-12,20H,8-9,13H2,1-7H3;5-7H2,1-4H3;1H4/t20-,21+;;;/m1.../s1. The molecule has 2 N–H and O–H groups in total. The van der Waals surface area contributed by atoms with Crippen molar-refractivity contribution in [1.82, 2.24) is 9.80 Å². The predicted octanol–water partition coefficient (Wildman–Crippen LogP) is 10.5. The molecule has 2 fully saturated rings. The van der Waals surface area contributed by atoms with Gasteiger partial charge in [-0.3, -0.25) is 4.79 Å². The Morgan fingerprint density at radius 1 is 0.714 bits per heavy atom. The Bertz CT molecular complexity index is 2650. The monoisotopic (exact) mass is 1250 g/mol. The molecule has 0 aliphatic carbocycles. The van der Waals surface area contributed by atoms with Crippen LogP contribution in [0.4, 0.5) is 22.8 Å².